The number of ether oxygens (including phenoxy) is 3. The van der Waals surface area contributed by atoms with Crippen LogP contribution in [-0.2, 0) is 64.4 Å². The molecule has 6 N–H and O–H groups in total. The molecule has 2 aromatic heterocycles. The smallest absolute Gasteiger partial charge is 0.407 e. The lowest BCUT2D eigenvalue weighted by Crippen LogP contribution is -2.50. The minimum atomic E-state index is -0.959. The van der Waals surface area contributed by atoms with E-state index in [-0.39, 0.29) is 62.6 Å². The van der Waals surface area contributed by atoms with Crippen molar-refractivity contribution in [2.24, 2.45) is 0 Å². The molecule has 6 amide bonds. The topological polar surface area (TPSA) is 254 Å². The van der Waals surface area contributed by atoms with Gasteiger partial charge in [-0.3, -0.25) is 28.8 Å². The largest absolute Gasteiger partial charge is 0.460 e. The van der Waals surface area contributed by atoms with Crippen LogP contribution in [0.15, 0.2) is 89.7 Å². The number of nitrogens with one attached hydrogen (secondary N) is 6. The number of hydrogen-bond acceptors (Lipinski definition) is 12. The van der Waals surface area contributed by atoms with Gasteiger partial charge in [-0.1, -0.05) is 74.0 Å². The van der Waals surface area contributed by atoms with Gasteiger partial charge in [0.05, 0.1) is 47.5 Å². The number of benzene rings is 4. The van der Waals surface area contributed by atoms with E-state index in [9.17, 15) is 38.4 Å². The van der Waals surface area contributed by atoms with Crippen LogP contribution in [0.2, 0.25) is 0 Å². The number of esters is 1. The molecule has 6 aromatic rings. The van der Waals surface area contributed by atoms with E-state index in [0.29, 0.717) is 89.9 Å². The number of nitrogens with zero attached hydrogens (tertiary/aromatic N) is 2. The molecule has 4 heterocycles. The highest BCUT2D eigenvalue weighted by molar-refractivity contribution is 5.98. The number of anilines is 1. The van der Waals surface area contributed by atoms with Gasteiger partial charge in [0.2, 0.25) is 23.6 Å². The maximum atomic E-state index is 15.4. The third-order valence-electron chi connectivity index (χ3n) is 15.7. The predicted molar refractivity (Wildman–Crippen MR) is 297 cm³/mol. The Hall–Kier alpha value is -8.94. The molecule has 81 heavy (non-hydrogen) atoms. The molecule has 19 nitrogen and oxygen atoms in total. The molecule has 0 saturated heterocycles. The summed E-state index contributed by atoms with van der Waals surface area (Å²) >= 11 is 0. The van der Waals surface area contributed by atoms with Gasteiger partial charge in [0.15, 0.2) is 0 Å². The van der Waals surface area contributed by atoms with Crippen molar-refractivity contribution in [3.8, 4) is 22.5 Å². The maximum Gasteiger partial charge on any atom is 0.407 e. The van der Waals surface area contributed by atoms with E-state index in [4.69, 9.17) is 19.2 Å². The van der Waals surface area contributed by atoms with Crippen LogP contribution in [0.25, 0.3) is 33.4 Å². The monoisotopic (exact) mass is 1100 g/mol. The normalized spacial score (nSPS) is 16.0. The number of carbonyl (C=O) groups excluding carboxylic acids is 7. The minimum absolute atomic E-state index is 0.0934. The molecule has 0 bridgehead atoms. The number of aryl methyl sites for hydroxylation is 1. The van der Waals surface area contributed by atoms with Gasteiger partial charge in [0.25, 0.3) is 5.56 Å². The Kier molecular flexibility index (Phi) is 16.3. The Bertz CT molecular complexity index is 3540. The van der Waals surface area contributed by atoms with E-state index >= 15 is 4.39 Å². The zero-order valence-corrected chi connectivity index (χ0v) is 45.4. The number of carbonyl (C=O) groups is 7. The van der Waals surface area contributed by atoms with Gasteiger partial charge in [-0.15, -0.1) is 0 Å². The number of cyclic esters (lactones) is 1. The van der Waals surface area contributed by atoms with E-state index in [1.165, 1.54) is 19.9 Å². The summed E-state index contributed by atoms with van der Waals surface area (Å²) in [4.78, 5) is 109. The van der Waals surface area contributed by atoms with Crippen molar-refractivity contribution in [2.45, 2.75) is 122 Å². The van der Waals surface area contributed by atoms with Crippen molar-refractivity contribution < 1.29 is 52.2 Å². The third-order valence-corrected chi connectivity index (χ3v) is 15.7. The van der Waals surface area contributed by atoms with E-state index in [2.05, 4.69) is 44.0 Å². The van der Waals surface area contributed by atoms with Gasteiger partial charge < -0.3 is 50.7 Å². The Morgan fingerprint density at radius 2 is 1.49 bits per heavy atom. The van der Waals surface area contributed by atoms with Crippen molar-refractivity contribution in [3.63, 3.8) is 0 Å². The quantitative estimate of drug-likeness (QED) is 0.0262. The molecule has 2 aliphatic carbocycles. The summed E-state index contributed by atoms with van der Waals surface area (Å²) in [5.74, 6) is -3.25. The lowest BCUT2D eigenvalue weighted by atomic mass is 9.81. The Labute approximate surface area is 466 Å². The van der Waals surface area contributed by atoms with Crippen molar-refractivity contribution in [1.29, 1.82) is 0 Å². The minimum Gasteiger partial charge on any atom is -0.460 e. The molecule has 0 spiro atoms. The highest BCUT2D eigenvalue weighted by Crippen LogP contribution is 2.47. The molecular weight excluding hydrogens is 1040 g/mol. The molecule has 1 unspecified atom stereocenters. The predicted octanol–water partition coefficient (Wildman–Crippen LogP) is 7.50. The van der Waals surface area contributed by atoms with Crippen LogP contribution in [-0.4, -0.2) is 83.1 Å². The van der Waals surface area contributed by atoms with Gasteiger partial charge >= 0.3 is 18.2 Å². The van der Waals surface area contributed by atoms with Crippen molar-refractivity contribution >= 4 is 58.4 Å². The van der Waals surface area contributed by atoms with E-state index in [1.54, 1.807) is 35.8 Å². The van der Waals surface area contributed by atoms with Crippen LogP contribution < -0.4 is 37.5 Å². The van der Waals surface area contributed by atoms with Crippen LogP contribution in [0, 0.1) is 12.7 Å². The first kappa shape index (κ1) is 55.4. The second kappa shape index (κ2) is 23.8. The molecule has 0 saturated carbocycles. The summed E-state index contributed by atoms with van der Waals surface area (Å²) in [5, 5.41) is 17.0. The molecule has 2 aliphatic heterocycles. The summed E-state index contributed by atoms with van der Waals surface area (Å²) in [6.07, 6.45) is 1.84. The number of hydrogen-bond donors (Lipinski definition) is 6. The van der Waals surface area contributed by atoms with Gasteiger partial charge in [0.1, 0.15) is 37.7 Å². The number of fused-ring (bicyclic) bond motifs is 8. The van der Waals surface area contributed by atoms with E-state index in [1.807, 2.05) is 49.4 Å². The summed E-state index contributed by atoms with van der Waals surface area (Å²) < 4.78 is 33.5. The van der Waals surface area contributed by atoms with Crippen LogP contribution >= 0.6 is 0 Å². The van der Waals surface area contributed by atoms with Gasteiger partial charge in [0, 0.05) is 41.6 Å². The van der Waals surface area contributed by atoms with E-state index in [0.717, 1.165) is 44.3 Å². The van der Waals surface area contributed by atoms with Crippen LogP contribution in [0.1, 0.15) is 127 Å². The fourth-order valence-electron chi connectivity index (χ4n) is 11.5. The molecule has 10 rings (SSSR count). The number of halogens is 1. The van der Waals surface area contributed by atoms with Crippen LogP contribution in [0.5, 0.6) is 0 Å². The molecule has 4 aliphatic rings. The second-order valence-electron chi connectivity index (χ2n) is 21.0. The maximum absolute atomic E-state index is 15.4. The van der Waals surface area contributed by atoms with Crippen LogP contribution in [0.4, 0.5) is 19.7 Å². The molecular formula is C61H63FN8O11. The third kappa shape index (κ3) is 11.6. The fourth-order valence-corrected chi connectivity index (χ4v) is 11.5. The number of unbranched alkanes of at least 4 members (excludes halogenated alkanes) is 2. The van der Waals surface area contributed by atoms with E-state index < -0.39 is 59.8 Å². The second-order valence-corrected chi connectivity index (χ2v) is 21.0. The van der Waals surface area contributed by atoms with Gasteiger partial charge in [-0.2, -0.15) is 0 Å². The average molecular weight is 1100 g/mol. The molecule has 0 radical (unpaired) electrons. The standard InChI is InChI=1S/C61H63FN8O11/c1-5-37-43-25-50-55-44(28-70(50)58(75)46(43)31-79-59(37)76)54-48(23-22-38-32(2)47(62)26-49(68-55)53(38)54)69-61(78)80-29-35-18-20-36(21-19-35)67-57(74)34(4)66-56(73)33(3)65-51(71)17-7-6-12-24-63-52(72)27-64-60(77)81-30-45-41-15-10-8-13-39(41)40-14-9-11-16-42(40)45/h8-11,13-16,18-21,25-26,33-34,37,45,48H,5-7,12,17,22-24,27-31H2,1-4H3,(H,63,72)(H,64,77)(H,65,71)(H,66,73)(H,67,74)(H,69,78)/t33-,34-,37?,48-/m0/s1. The lowest BCUT2D eigenvalue weighted by molar-refractivity contribution is -0.148. The first-order chi connectivity index (χ1) is 39.1. The molecule has 4 aromatic carbocycles. The Balaban J connectivity index is 0.629. The number of alkyl carbamates (subject to hydrolysis) is 2. The summed E-state index contributed by atoms with van der Waals surface area (Å²) in [7, 11) is 0. The Morgan fingerprint density at radius 1 is 0.778 bits per heavy atom. The summed E-state index contributed by atoms with van der Waals surface area (Å²) in [6.45, 7) is 6.79. The van der Waals surface area contributed by atoms with Crippen molar-refractivity contribution in [2.75, 3.05) is 25.0 Å². The highest BCUT2D eigenvalue weighted by Gasteiger charge is 2.38. The van der Waals surface area contributed by atoms with Gasteiger partial charge in [-0.05, 0) is 121 Å². The summed E-state index contributed by atoms with van der Waals surface area (Å²) in [6, 6.07) is 23.4. The number of pyridine rings is 2. The van der Waals surface area contributed by atoms with Crippen molar-refractivity contribution in [1.82, 2.24) is 36.1 Å². The average Bonchev–Trinajstić information content (AvgIpc) is 4.06. The van der Waals surface area contributed by atoms with Crippen molar-refractivity contribution in [3.05, 3.63) is 151 Å². The van der Waals surface area contributed by atoms with Gasteiger partial charge in [-0.25, -0.2) is 19.0 Å². The zero-order valence-electron chi connectivity index (χ0n) is 45.4. The molecule has 0 fully saturated rings. The molecule has 4 atom stereocenters. The Morgan fingerprint density at radius 3 is 2.22 bits per heavy atom. The first-order valence-electron chi connectivity index (χ1n) is 27.4. The van der Waals surface area contributed by atoms with Crippen LogP contribution in [0.3, 0.4) is 0 Å². The lowest BCUT2D eigenvalue weighted by Gasteiger charge is -2.29. The number of rotatable bonds is 19. The zero-order chi connectivity index (χ0) is 57.1. The first-order valence-corrected chi connectivity index (χ1v) is 27.4. The SMILES string of the molecule is CCC1C(=O)OCc2c1cc1n(c2=O)Cc2c-1nc1cc(F)c(C)c3c1c2[C@@H](NC(=O)OCc1ccc(NC(=O)[C@H](C)NC(=O)[C@H](C)NC(=O)CCCCCNC(=O)CNC(=O)OCC2c4ccccc4-c4ccccc42)cc1)CC3. The fraction of sp³-hybridized carbons (Fsp3) is 0.361. The number of amides is 6. The highest BCUT2D eigenvalue weighted by atomic mass is 19.1. The molecule has 20 heteroatoms. The number of aromatic nitrogens is 2. The molecule has 420 valence electrons. The summed E-state index contributed by atoms with van der Waals surface area (Å²) in [5.41, 5.74) is 10.4.